The summed E-state index contributed by atoms with van der Waals surface area (Å²) in [6.07, 6.45) is 0.346. The number of nitrogens with one attached hydrogen (secondary N) is 2. The van der Waals surface area contributed by atoms with Gasteiger partial charge >= 0.3 is 6.03 Å². The predicted octanol–water partition coefficient (Wildman–Crippen LogP) is 4.83. The third-order valence-corrected chi connectivity index (χ3v) is 6.81. The van der Waals surface area contributed by atoms with Crippen LogP contribution in [0.5, 0.6) is 11.5 Å². The van der Waals surface area contributed by atoms with E-state index in [4.69, 9.17) is 19.7 Å². The Morgan fingerprint density at radius 1 is 1.02 bits per heavy atom. The maximum absolute atomic E-state index is 13.5. The van der Waals surface area contributed by atoms with Crippen LogP contribution >= 0.6 is 0 Å². The van der Waals surface area contributed by atoms with Crippen molar-refractivity contribution in [1.82, 2.24) is 10.6 Å². The van der Waals surface area contributed by atoms with Gasteiger partial charge in [-0.2, -0.15) is 0 Å². The Balaban J connectivity index is 1.62. The first-order valence-electron chi connectivity index (χ1n) is 14.9. The van der Waals surface area contributed by atoms with Crippen LogP contribution in [0.15, 0.2) is 47.6 Å². The molecule has 3 N–H and O–H groups in total. The van der Waals surface area contributed by atoms with Gasteiger partial charge in [-0.1, -0.05) is 32.0 Å². The number of rotatable bonds is 16. The van der Waals surface area contributed by atoms with E-state index in [1.54, 1.807) is 36.4 Å². The molecule has 13 heteroatoms. The first-order chi connectivity index (χ1) is 21.2. The molecule has 0 aromatic heterocycles. The Bertz CT molecular complexity index is 1380. The van der Waals surface area contributed by atoms with Gasteiger partial charge in [-0.05, 0) is 74.7 Å². The number of phenols is 1. The Kier molecular flexibility index (Phi) is 12.3. The third-order valence-electron chi connectivity index (χ3n) is 6.81. The van der Waals surface area contributed by atoms with Crippen molar-refractivity contribution in [3.05, 3.63) is 64.0 Å². The summed E-state index contributed by atoms with van der Waals surface area (Å²) < 4.78 is 16.4. The smallest absolute Gasteiger partial charge is 0.329 e. The van der Waals surface area contributed by atoms with E-state index >= 15 is 0 Å². The van der Waals surface area contributed by atoms with Crippen molar-refractivity contribution in [1.29, 1.82) is 0 Å². The third kappa shape index (κ3) is 10.5. The van der Waals surface area contributed by atoms with E-state index in [-0.39, 0.29) is 35.8 Å². The molecule has 0 saturated carbocycles. The maximum Gasteiger partial charge on any atom is 0.329 e. The highest BCUT2D eigenvalue weighted by Gasteiger charge is 2.41. The Labute approximate surface area is 263 Å². The normalized spacial score (nSPS) is 15.9. The predicted molar refractivity (Wildman–Crippen MR) is 169 cm³/mol. The fraction of sp³-hybridized carbons (Fsp3) is 0.531. The highest BCUT2D eigenvalue weighted by Crippen LogP contribution is 2.33. The number of hydrogen-bond acceptors (Lipinski definition) is 9. The minimum atomic E-state index is -1.10. The molecule has 13 nitrogen and oxygen atoms in total. The monoisotopic (exact) mass is 624 g/mol. The SMILES string of the molecule is CC(C)(C)N[C@@H](Cc1ccc(O)c(C2NC(=O)N(c3ccc(OCCOCCOCCN=[N+]=[N-])cc3)C2=O)c1)C(=O)C(C)(C)C. The van der Waals surface area contributed by atoms with E-state index in [1.807, 2.05) is 41.5 Å². The van der Waals surface area contributed by atoms with Crippen LogP contribution < -0.4 is 20.3 Å². The first kappa shape index (κ1) is 35.3. The van der Waals surface area contributed by atoms with Gasteiger partial charge in [0.1, 0.15) is 24.1 Å². The van der Waals surface area contributed by atoms with E-state index in [9.17, 15) is 19.5 Å². The molecule has 0 bridgehead atoms. The minimum absolute atomic E-state index is 0.0494. The number of Topliss-reactive ketones (excluding diaryl/α,β-unsaturated/α-hetero) is 1. The molecule has 0 aliphatic carbocycles. The van der Waals surface area contributed by atoms with Crippen molar-refractivity contribution in [2.24, 2.45) is 10.5 Å². The molecule has 2 aromatic rings. The first-order valence-corrected chi connectivity index (χ1v) is 14.9. The lowest BCUT2D eigenvalue weighted by atomic mass is 9.83. The lowest BCUT2D eigenvalue weighted by Gasteiger charge is -2.32. The lowest BCUT2D eigenvalue weighted by molar-refractivity contribution is -0.129. The summed E-state index contributed by atoms with van der Waals surface area (Å²) >= 11 is 0. The van der Waals surface area contributed by atoms with E-state index in [0.717, 1.165) is 10.5 Å². The number of anilines is 1. The van der Waals surface area contributed by atoms with Crippen LogP contribution in [0.3, 0.4) is 0 Å². The molecule has 45 heavy (non-hydrogen) atoms. The van der Waals surface area contributed by atoms with Gasteiger partial charge < -0.3 is 30.0 Å². The van der Waals surface area contributed by atoms with Crippen molar-refractivity contribution in [2.75, 3.05) is 44.5 Å². The van der Waals surface area contributed by atoms with E-state index in [2.05, 4.69) is 20.7 Å². The van der Waals surface area contributed by atoms with Crippen LogP contribution in [-0.4, -0.2) is 74.0 Å². The summed E-state index contributed by atoms with van der Waals surface area (Å²) in [7, 11) is 0. The zero-order chi connectivity index (χ0) is 33.2. The Morgan fingerprint density at radius 2 is 1.67 bits per heavy atom. The van der Waals surface area contributed by atoms with Crippen molar-refractivity contribution in [3.8, 4) is 11.5 Å². The second-order valence-electron chi connectivity index (χ2n) is 12.7. The molecule has 2 atom stereocenters. The number of hydrogen-bond donors (Lipinski definition) is 3. The Morgan fingerprint density at radius 3 is 2.29 bits per heavy atom. The maximum atomic E-state index is 13.5. The molecule has 2 aromatic carbocycles. The van der Waals surface area contributed by atoms with Gasteiger partial charge in [-0.3, -0.25) is 9.59 Å². The van der Waals surface area contributed by atoms with Crippen LogP contribution in [0.4, 0.5) is 10.5 Å². The Hall–Kier alpha value is -4.16. The van der Waals surface area contributed by atoms with Gasteiger partial charge in [0.15, 0.2) is 5.78 Å². The molecular weight excluding hydrogens is 580 g/mol. The number of carbonyl (C=O) groups excluding carboxylic acids is 3. The van der Waals surface area contributed by atoms with E-state index < -0.39 is 29.4 Å². The molecule has 3 amide bonds. The number of urea groups is 1. The van der Waals surface area contributed by atoms with Crippen molar-refractivity contribution in [2.45, 2.75) is 65.6 Å². The molecule has 1 fully saturated rings. The van der Waals surface area contributed by atoms with Crippen molar-refractivity contribution >= 4 is 23.4 Å². The number of ketones is 1. The molecule has 0 spiro atoms. The van der Waals surface area contributed by atoms with Crippen LogP contribution in [0.2, 0.25) is 0 Å². The molecule has 1 aliphatic heterocycles. The minimum Gasteiger partial charge on any atom is -0.508 e. The molecule has 1 aliphatic rings. The van der Waals surface area contributed by atoms with Gasteiger partial charge in [-0.25, -0.2) is 9.69 Å². The average molecular weight is 625 g/mol. The number of phenolic OH excluding ortho intramolecular Hbond substituents is 1. The molecule has 1 heterocycles. The standard InChI is InChI=1S/C32H44N6O7/c1-31(2,3)28(40)25(36-32(4,5)6)20-21-7-12-26(39)24(19-21)27-29(41)38(30(42)35-27)22-8-10-23(11-9-22)45-18-17-44-16-15-43-14-13-34-37-33/h7-12,19,25,27,36,39H,13-18,20H2,1-6H3,(H,35,42)/t25-,27?/m0/s1. The van der Waals surface area contributed by atoms with Gasteiger partial charge in [-0.15, -0.1) is 0 Å². The number of nitrogens with zero attached hydrogens (tertiary/aromatic N) is 4. The summed E-state index contributed by atoms with van der Waals surface area (Å²) in [6.45, 7) is 13.6. The number of aromatic hydroxyl groups is 1. The zero-order valence-electron chi connectivity index (χ0n) is 26.8. The molecule has 244 valence electrons. The summed E-state index contributed by atoms with van der Waals surface area (Å²) in [6, 6.07) is 9.17. The lowest BCUT2D eigenvalue weighted by Crippen LogP contribution is -2.51. The fourth-order valence-corrected chi connectivity index (χ4v) is 4.77. The average Bonchev–Trinajstić information content (AvgIpc) is 3.26. The largest absolute Gasteiger partial charge is 0.508 e. The quantitative estimate of drug-likeness (QED) is 0.0783. The van der Waals surface area contributed by atoms with Gasteiger partial charge in [0.2, 0.25) is 0 Å². The van der Waals surface area contributed by atoms with Crippen LogP contribution in [0.1, 0.15) is 58.7 Å². The summed E-state index contributed by atoms with van der Waals surface area (Å²) in [5.41, 5.74) is 8.67. The molecule has 1 saturated heterocycles. The summed E-state index contributed by atoms with van der Waals surface area (Å²) in [5.74, 6) is -0.0859. The number of azide groups is 1. The summed E-state index contributed by atoms with van der Waals surface area (Å²) in [4.78, 5) is 43.3. The number of amides is 3. The van der Waals surface area contributed by atoms with Crippen LogP contribution in [0.25, 0.3) is 10.4 Å². The fourth-order valence-electron chi connectivity index (χ4n) is 4.77. The van der Waals surface area contributed by atoms with E-state index in [0.29, 0.717) is 44.3 Å². The highest BCUT2D eigenvalue weighted by molar-refractivity contribution is 6.21. The molecule has 1 unspecified atom stereocenters. The molecule has 0 radical (unpaired) electrons. The number of imide groups is 1. The number of benzene rings is 2. The second-order valence-corrected chi connectivity index (χ2v) is 12.7. The van der Waals surface area contributed by atoms with Gasteiger partial charge in [0.25, 0.3) is 5.91 Å². The van der Waals surface area contributed by atoms with Crippen LogP contribution in [0, 0.1) is 5.41 Å². The van der Waals surface area contributed by atoms with Gasteiger partial charge in [0.05, 0.1) is 38.2 Å². The number of carbonyl (C=O) groups is 3. The number of ether oxygens (including phenoxy) is 3. The highest BCUT2D eigenvalue weighted by atomic mass is 16.5. The van der Waals surface area contributed by atoms with Crippen molar-refractivity contribution in [3.63, 3.8) is 0 Å². The van der Waals surface area contributed by atoms with Gasteiger partial charge in [0, 0.05) is 28.0 Å². The second kappa shape index (κ2) is 15.7. The van der Waals surface area contributed by atoms with Crippen LogP contribution in [-0.2, 0) is 25.5 Å². The molecule has 3 rings (SSSR count). The zero-order valence-corrected chi connectivity index (χ0v) is 26.8. The topological polar surface area (TPSA) is 175 Å². The van der Waals surface area contributed by atoms with Crippen molar-refractivity contribution < 1.29 is 33.7 Å². The molecular formula is C32H44N6O7. The summed E-state index contributed by atoms with van der Waals surface area (Å²) in [5, 5.41) is 20.1. The van der Waals surface area contributed by atoms with E-state index in [1.165, 1.54) is 6.07 Å².